The maximum Gasteiger partial charge on any atom is 0.416 e. The van der Waals surface area contributed by atoms with Crippen LogP contribution in [0, 0.1) is 0 Å². The standard InChI is InChI=1S/C12H12BrF3N4/c1-20-10(4-5-18-20)11(19-17)8-6-7(12(14,15)16)2-3-9(8)13/h2-6,11,19H,17H2,1H3. The van der Waals surface area contributed by atoms with Crippen molar-refractivity contribution in [3.05, 3.63) is 51.8 Å². The van der Waals surface area contributed by atoms with E-state index in [1.54, 1.807) is 24.0 Å². The number of aromatic nitrogens is 2. The van der Waals surface area contributed by atoms with E-state index in [2.05, 4.69) is 26.5 Å². The number of rotatable bonds is 3. The SMILES string of the molecule is Cn1nccc1C(NN)c1cc(C(F)(F)F)ccc1Br. The lowest BCUT2D eigenvalue weighted by Gasteiger charge is -2.19. The molecule has 0 aliphatic carbocycles. The summed E-state index contributed by atoms with van der Waals surface area (Å²) in [6, 6.07) is 4.54. The molecule has 8 heteroatoms. The van der Waals surface area contributed by atoms with Crippen LogP contribution in [-0.2, 0) is 13.2 Å². The first kappa shape index (κ1) is 15.0. The van der Waals surface area contributed by atoms with Crippen molar-refractivity contribution in [1.29, 1.82) is 0 Å². The minimum Gasteiger partial charge on any atom is -0.271 e. The van der Waals surface area contributed by atoms with E-state index in [9.17, 15) is 13.2 Å². The Labute approximate surface area is 121 Å². The molecule has 0 saturated heterocycles. The summed E-state index contributed by atoms with van der Waals surface area (Å²) in [4.78, 5) is 0. The fourth-order valence-electron chi connectivity index (χ4n) is 1.94. The number of nitrogens with one attached hydrogen (secondary N) is 1. The second kappa shape index (κ2) is 5.55. The van der Waals surface area contributed by atoms with E-state index in [-0.39, 0.29) is 0 Å². The zero-order chi connectivity index (χ0) is 14.9. The molecule has 1 aromatic carbocycles. The number of halogens is 4. The molecule has 1 atom stereocenters. The Morgan fingerprint density at radius 1 is 1.35 bits per heavy atom. The number of nitrogens with two attached hydrogens (primary N) is 1. The number of nitrogens with zero attached hydrogens (tertiary/aromatic N) is 2. The van der Waals surface area contributed by atoms with Gasteiger partial charge in [0.1, 0.15) is 0 Å². The van der Waals surface area contributed by atoms with Gasteiger partial charge in [-0.2, -0.15) is 18.3 Å². The van der Waals surface area contributed by atoms with Crippen molar-refractivity contribution in [2.75, 3.05) is 0 Å². The molecular formula is C12H12BrF3N4. The number of hydrogen-bond acceptors (Lipinski definition) is 3. The van der Waals surface area contributed by atoms with E-state index in [0.29, 0.717) is 15.7 Å². The van der Waals surface area contributed by atoms with Gasteiger partial charge < -0.3 is 0 Å². The van der Waals surface area contributed by atoms with Crippen LogP contribution in [0.15, 0.2) is 34.9 Å². The van der Waals surface area contributed by atoms with Crippen LogP contribution >= 0.6 is 15.9 Å². The molecule has 0 spiro atoms. The predicted molar refractivity (Wildman–Crippen MR) is 71.5 cm³/mol. The Balaban J connectivity index is 2.52. The van der Waals surface area contributed by atoms with Crippen molar-refractivity contribution in [1.82, 2.24) is 15.2 Å². The van der Waals surface area contributed by atoms with E-state index in [1.165, 1.54) is 6.07 Å². The molecule has 0 radical (unpaired) electrons. The van der Waals surface area contributed by atoms with Crippen molar-refractivity contribution in [3.8, 4) is 0 Å². The molecule has 0 fully saturated rings. The van der Waals surface area contributed by atoms with Gasteiger partial charge in [0.2, 0.25) is 0 Å². The first-order chi connectivity index (χ1) is 9.34. The molecule has 4 nitrogen and oxygen atoms in total. The lowest BCUT2D eigenvalue weighted by Crippen LogP contribution is -2.31. The highest BCUT2D eigenvalue weighted by Crippen LogP contribution is 2.35. The number of aryl methyl sites for hydroxylation is 1. The summed E-state index contributed by atoms with van der Waals surface area (Å²) in [7, 11) is 1.70. The minimum atomic E-state index is -4.40. The van der Waals surface area contributed by atoms with Gasteiger partial charge in [-0.15, -0.1) is 0 Å². The van der Waals surface area contributed by atoms with E-state index >= 15 is 0 Å². The zero-order valence-electron chi connectivity index (χ0n) is 10.4. The number of benzene rings is 1. The first-order valence-electron chi connectivity index (χ1n) is 5.65. The fraction of sp³-hybridized carbons (Fsp3) is 0.250. The largest absolute Gasteiger partial charge is 0.416 e. The molecule has 2 aromatic rings. The Kier molecular flexibility index (Phi) is 4.17. The Bertz CT molecular complexity index is 609. The van der Waals surface area contributed by atoms with Crippen LogP contribution in [0.25, 0.3) is 0 Å². The molecule has 20 heavy (non-hydrogen) atoms. The second-order valence-electron chi connectivity index (χ2n) is 4.21. The van der Waals surface area contributed by atoms with Gasteiger partial charge in [-0.1, -0.05) is 15.9 Å². The summed E-state index contributed by atoms with van der Waals surface area (Å²) in [5.74, 6) is 5.50. The van der Waals surface area contributed by atoms with E-state index in [0.717, 1.165) is 12.1 Å². The summed E-state index contributed by atoms with van der Waals surface area (Å²) < 4.78 is 40.5. The average molecular weight is 349 g/mol. The summed E-state index contributed by atoms with van der Waals surface area (Å²) in [5, 5.41) is 4.00. The molecule has 1 heterocycles. The quantitative estimate of drug-likeness (QED) is 0.662. The summed E-state index contributed by atoms with van der Waals surface area (Å²) >= 11 is 3.26. The molecule has 0 bridgehead atoms. The van der Waals surface area contributed by atoms with Gasteiger partial charge >= 0.3 is 6.18 Å². The highest BCUT2D eigenvalue weighted by atomic mass is 79.9. The molecule has 2 rings (SSSR count). The summed E-state index contributed by atoms with van der Waals surface area (Å²) in [5.41, 5.74) is 2.85. The van der Waals surface area contributed by atoms with Crippen LogP contribution in [0.5, 0.6) is 0 Å². The van der Waals surface area contributed by atoms with Crippen LogP contribution in [0.2, 0.25) is 0 Å². The first-order valence-corrected chi connectivity index (χ1v) is 6.44. The van der Waals surface area contributed by atoms with Crippen LogP contribution in [0.3, 0.4) is 0 Å². The smallest absolute Gasteiger partial charge is 0.271 e. The highest BCUT2D eigenvalue weighted by molar-refractivity contribution is 9.10. The number of alkyl halides is 3. The van der Waals surface area contributed by atoms with Crippen molar-refractivity contribution in [2.45, 2.75) is 12.2 Å². The fourth-order valence-corrected chi connectivity index (χ4v) is 2.42. The third-order valence-corrected chi connectivity index (χ3v) is 3.68. The van der Waals surface area contributed by atoms with Crippen LogP contribution in [0.4, 0.5) is 13.2 Å². The van der Waals surface area contributed by atoms with Crippen molar-refractivity contribution >= 4 is 15.9 Å². The predicted octanol–water partition coefficient (Wildman–Crippen LogP) is 2.75. The lowest BCUT2D eigenvalue weighted by atomic mass is 10.0. The molecule has 108 valence electrons. The molecule has 0 aliphatic heterocycles. The maximum atomic E-state index is 12.8. The maximum absolute atomic E-state index is 12.8. The Hall–Kier alpha value is -1.38. The lowest BCUT2D eigenvalue weighted by molar-refractivity contribution is -0.137. The van der Waals surface area contributed by atoms with Gasteiger partial charge in [-0.05, 0) is 29.8 Å². The highest BCUT2D eigenvalue weighted by Gasteiger charge is 2.32. The molecular weight excluding hydrogens is 337 g/mol. The third kappa shape index (κ3) is 2.87. The topological polar surface area (TPSA) is 55.9 Å². The van der Waals surface area contributed by atoms with Crippen molar-refractivity contribution in [2.24, 2.45) is 12.9 Å². The number of hydrazine groups is 1. The summed E-state index contributed by atoms with van der Waals surface area (Å²) in [6.45, 7) is 0. The van der Waals surface area contributed by atoms with E-state index in [1.807, 2.05) is 0 Å². The van der Waals surface area contributed by atoms with Crippen LogP contribution < -0.4 is 11.3 Å². The third-order valence-electron chi connectivity index (χ3n) is 2.96. The van der Waals surface area contributed by atoms with Gasteiger partial charge in [-0.25, -0.2) is 5.43 Å². The number of hydrogen-bond donors (Lipinski definition) is 2. The van der Waals surface area contributed by atoms with Gasteiger partial charge in [0.15, 0.2) is 0 Å². The van der Waals surface area contributed by atoms with Crippen LogP contribution in [-0.4, -0.2) is 9.78 Å². The average Bonchev–Trinajstić information content (AvgIpc) is 2.78. The Morgan fingerprint density at radius 3 is 2.55 bits per heavy atom. The van der Waals surface area contributed by atoms with Crippen molar-refractivity contribution in [3.63, 3.8) is 0 Å². The van der Waals surface area contributed by atoms with Gasteiger partial charge in [0, 0.05) is 17.7 Å². The molecule has 0 amide bonds. The second-order valence-corrected chi connectivity index (χ2v) is 5.07. The normalized spacial score (nSPS) is 13.5. The monoisotopic (exact) mass is 348 g/mol. The summed E-state index contributed by atoms with van der Waals surface area (Å²) in [6.07, 6.45) is -2.84. The molecule has 0 saturated carbocycles. The van der Waals surface area contributed by atoms with Crippen LogP contribution in [0.1, 0.15) is 22.9 Å². The molecule has 3 N–H and O–H groups in total. The molecule has 1 unspecified atom stereocenters. The van der Waals surface area contributed by atoms with Gasteiger partial charge in [0.25, 0.3) is 0 Å². The Morgan fingerprint density at radius 2 is 2.05 bits per heavy atom. The van der Waals surface area contributed by atoms with E-state index in [4.69, 9.17) is 5.84 Å². The van der Waals surface area contributed by atoms with Gasteiger partial charge in [-0.3, -0.25) is 10.5 Å². The van der Waals surface area contributed by atoms with Gasteiger partial charge in [0.05, 0.1) is 17.3 Å². The van der Waals surface area contributed by atoms with E-state index < -0.39 is 17.8 Å². The molecule has 0 aliphatic rings. The zero-order valence-corrected chi connectivity index (χ0v) is 12.0. The van der Waals surface area contributed by atoms with Crippen molar-refractivity contribution < 1.29 is 13.2 Å². The minimum absolute atomic E-state index is 0.394. The molecule has 1 aromatic heterocycles.